The number of nitrogens with one attached hydrogen (secondary N) is 2. The zero-order chi connectivity index (χ0) is 20.4. The van der Waals surface area contributed by atoms with Crippen molar-refractivity contribution in [3.63, 3.8) is 0 Å². The number of phenols is 1. The zero-order valence-corrected chi connectivity index (χ0v) is 16.9. The molecule has 0 heterocycles. The van der Waals surface area contributed by atoms with Crippen LogP contribution < -0.4 is 24.8 Å². The first-order chi connectivity index (χ1) is 13.6. The first-order valence-electron chi connectivity index (χ1n) is 9.20. The molecule has 0 atom stereocenters. The van der Waals surface area contributed by atoms with Crippen molar-refractivity contribution in [2.75, 3.05) is 34.4 Å². The van der Waals surface area contributed by atoms with E-state index >= 15 is 0 Å². The lowest BCUT2D eigenvalue weighted by Gasteiger charge is -2.13. The van der Waals surface area contributed by atoms with Gasteiger partial charge in [-0.1, -0.05) is 18.2 Å². The number of guanidine groups is 1. The highest BCUT2D eigenvalue weighted by atomic mass is 16.5. The molecule has 0 aromatic heterocycles. The van der Waals surface area contributed by atoms with Gasteiger partial charge in [-0.05, 0) is 37.1 Å². The molecular weight excluding hydrogens is 358 g/mol. The van der Waals surface area contributed by atoms with Gasteiger partial charge in [0.1, 0.15) is 0 Å². The predicted molar refractivity (Wildman–Crippen MR) is 111 cm³/mol. The molecule has 28 heavy (non-hydrogen) atoms. The summed E-state index contributed by atoms with van der Waals surface area (Å²) in [6.45, 7) is 3.79. The topological polar surface area (TPSA) is 84.3 Å². The maximum Gasteiger partial charge on any atom is 0.191 e. The third-order valence-corrected chi connectivity index (χ3v) is 4.21. The molecule has 0 fully saturated rings. The summed E-state index contributed by atoms with van der Waals surface area (Å²) in [6.07, 6.45) is 0.801. The van der Waals surface area contributed by atoms with Gasteiger partial charge in [-0.25, -0.2) is 4.99 Å². The van der Waals surface area contributed by atoms with Crippen molar-refractivity contribution in [3.8, 4) is 23.0 Å². The Kier molecular flexibility index (Phi) is 8.27. The van der Waals surface area contributed by atoms with Crippen molar-refractivity contribution >= 4 is 5.96 Å². The van der Waals surface area contributed by atoms with Gasteiger partial charge in [-0.3, -0.25) is 0 Å². The number of nitrogens with zero attached hydrogens (tertiary/aromatic N) is 1. The summed E-state index contributed by atoms with van der Waals surface area (Å²) in [4.78, 5) is 4.55. The molecule has 0 saturated carbocycles. The Morgan fingerprint density at radius 2 is 1.71 bits per heavy atom. The quantitative estimate of drug-likeness (QED) is 0.453. The largest absolute Gasteiger partial charge is 0.504 e. The average Bonchev–Trinajstić information content (AvgIpc) is 2.72. The van der Waals surface area contributed by atoms with Crippen LogP contribution in [0.25, 0.3) is 0 Å². The molecule has 0 spiro atoms. The number of methoxy groups -OCH3 is 3. The second kappa shape index (κ2) is 10.9. The fourth-order valence-corrected chi connectivity index (χ4v) is 2.73. The third kappa shape index (κ3) is 5.70. The average molecular weight is 387 g/mol. The Bertz CT molecular complexity index is 793. The summed E-state index contributed by atoms with van der Waals surface area (Å²) in [5.74, 6) is 2.68. The van der Waals surface area contributed by atoms with E-state index in [1.807, 2.05) is 37.3 Å². The predicted octanol–water partition coefficient (Wildman–Crippen LogP) is 2.72. The number of phenolic OH excluding ortho intramolecular Hbond substituents is 1. The normalized spacial score (nSPS) is 11.1. The summed E-state index contributed by atoms with van der Waals surface area (Å²) in [5, 5.41) is 16.7. The number of para-hydroxylation sites is 1. The van der Waals surface area contributed by atoms with E-state index < -0.39 is 0 Å². The van der Waals surface area contributed by atoms with Crippen LogP contribution in [0.2, 0.25) is 0 Å². The van der Waals surface area contributed by atoms with Crippen molar-refractivity contribution in [1.29, 1.82) is 0 Å². The lowest BCUT2D eigenvalue weighted by molar-refractivity contribution is 0.354. The Labute approximate surface area is 166 Å². The van der Waals surface area contributed by atoms with Gasteiger partial charge >= 0.3 is 0 Å². The molecule has 0 amide bonds. The SMILES string of the molecule is CCNC(=NCc1cccc(OC)c1O)NCCc1ccc(OC)c(OC)c1. The first-order valence-corrected chi connectivity index (χ1v) is 9.20. The van der Waals surface area contributed by atoms with Crippen molar-refractivity contribution in [2.24, 2.45) is 4.99 Å². The molecule has 0 radical (unpaired) electrons. The van der Waals surface area contributed by atoms with Gasteiger partial charge < -0.3 is 30.0 Å². The molecule has 0 aliphatic carbocycles. The molecule has 2 aromatic rings. The lowest BCUT2D eigenvalue weighted by Crippen LogP contribution is -2.38. The van der Waals surface area contributed by atoms with E-state index in [0.717, 1.165) is 18.5 Å². The second-order valence-corrected chi connectivity index (χ2v) is 6.03. The van der Waals surface area contributed by atoms with Crippen LogP contribution in [0.4, 0.5) is 0 Å². The van der Waals surface area contributed by atoms with Gasteiger partial charge in [0, 0.05) is 18.7 Å². The Morgan fingerprint density at radius 3 is 2.39 bits per heavy atom. The number of aromatic hydroxyl groups is 1. The zero-order valence-electron chi connectivity index (χ0n) is 16.9. The molecule has 0 aliphatic heterocycles. The van der Waals surface area contributed by atoms with Crippen LogP contribution in [0.5, 0.6) is 23.0 Å². The molecule has 0 aliphatic rings. The lowest BCUT2D eigenvalue weighted by atomic mass is 10.1. The standard InChI is InChI=1S/C21H29N3O4/c1-5-22-21(24-14-16-7-6-8-18(27-3)20(16)25)23-12-11-15-9-10-17(26-2)19(13-15)28-4/h6-10,13,25H,5,11-12,14H2,1-4H3,(H2,22,23,24). The molecule has 152 valence electrons. The molecule has 0 saturated heterocycles. The van der Waals surface area contributed by atoms with Gasteiger partial charge in [0.2, 0.25) is 0 Å². The summed E-state index contributed by atoms with van der Waals surface area (Å²) in [6, 6.07) is 11.3. The van der Waals surface area contributed by atoms with E-state index in [4.69, 9.17) is 14.2 Å². The van der Waals surface area contributed by atoms with Crippen LogP contribution in [-0.4, -0.2) is 45.5 Å². The van der Waals surface area contributed by atoms with Crippen LogP contribution >= 0.6 is 0 Å². The van der Waals surface area contributed by atoms with Gasteiger partial charge in [-0.2, -0.15) is 0 Å². The fraction of sp³-hybridized carbons (Fsp3) is 0.381. The fourth-order valence-electron chi connectivity index (χ4n) is 2.73. The molecule has 0 bridgehead atoms. The van der Waals surface area contributed by atoms with Crippen molar-refractivity contribution in [1.82, 2.24) is 10.6 Å². The number of ether oxygens (including phenoxy) is 3. The maximum atomic E-state index is 10.2. The molecular formula is C21H29N3O4. The van der Waals surface area contributed by atoms with Gasteiger partial charge in [0.05, 0.1) is 27.9 Å². The second-order valence-electron chi connectivity index (χ2n) is 6.03. The molecule has 2 aromatic carbocycles. The third-order valence-electron chi connectivity index (χ3n) is 4.21. The summed E-state index contributed by atoms with van der Waals surface area (Å²) < 4.78 is 15.8. The van der Waals surface area contributed by atoms with E-state index in [1.54, 1.807) is 20.3 Å². The molecule has 7 heteroatoms. The van der Waals surface area contributed by atoms with Crippen LogP contribution in [0, 0.1) is 0 Å². The van der Waals surface area contributed by atoms with Crippen LogP contribution in [0.3, 0.4) is 0 Å². The monoisotopic (exact) mass is 387 g/mol. The number of hydrogen-bond donors (Lipinski definition) is 3. The van der Waals surface area contributed by atoms with E-state index in [-0.39, 0.29) is 5.75 Å². The Hall–Kier alpha value is -3.09. The van der Waals surface area contributed by atoms with Crippen molar-refractivity contribution in [3.05, 3.63) is 47.5 Å². The van der Waals surface area contributed by atoms with Gasteiger partial charge in [0.15, 0.2) is 29.0 Å². The highest BCUT2D eigenvalue weighted by molar-refractivity contribution is 5.79. The molecule has 3 N–H and O–H groups in total. The van der Waals surface area contributed by atoms with E-state index in [2.05, 4.69) is 15.6 Å². The number of rotatable bonds is 9. The van der Waals surface area contributed by atoms with Gasteiger partial charge in [-0.15, -0.1) is 0 Å². The van der Waals surface area contributed by atoms with Crippen LogP contribution in [0.15, 0.2) is 41.4 Å². The van der Waals surface area contributed by atoms with Crippen LogP contribution in [0.1, 0.15) is 18.1 Å². The smallest absolute Gasteiger partial charge is 0.191 e. The number of aliphatic imine (C=N–C) groups is 1. The number of benzene rings is 2. The highest BCUT2D eigenvalue weighted by Gasteiger charge is 2.08. The van der Waals surface area contributed by atoms with Crippen molar-refractivity contribution in [2.45, 2.75) is 19.9 Å². The minimum absolute atomic E-state index is 0.120. The molecule has 0 unspecified atom stereocenters. The Balaban J connectivity index is 1.98. The number of hydrogen-bond acceptors (Lipinski definition) is 5. The molecule has 2 rings (SSSR count). The molecule has 7 nitrogen and oxygen atoms in total. The highest BCUT2D eigenvalue weighted by Crippen LogP contribution is 2.30. The van der Waals surface area contributed by atoms with E-state index in [0.29, 0.717) is 41.9 Å². The maximum absolute atomic E-state index is 10.2. The first kappa shape index (κ1) is 21.2. The van der Waals surface area contributed by atoms with Crippen LogP contribution in [-0.2, 0) is 13.0 Å². The Morgan fingerprint density at radius 1 is 0.964 bits per heavy atom. The van der Waals surface area contributed by atoms with Gasteiger partial charge in [0.25, 0.3) is 0 Å². The summed E-state index contributed by atoms with van der Waals surface area (Å²) in [7, 11) is 4.78. The van der Waals surface area contributed by atoms with E-state index in [9.17, 15) is 5.11 Å². The van der Waals surface area contributed by atoms with Crippen molar-refractivity contribution < 1.29 is 19.3 Å². The summed E-state index contributed by atoms with van der Waals surface area (Å²) in [5.41, 5.74) is 1.84. The van der Waals surface area contributed by atoms with E-state index in [1.165, 1.54) is 7.11 Å². The minimum atomic E-state index is 0.120. The minimum Gasteiger partial charge on any atom is -0.504 e. The summed E-state index contributed by atoms with van der Waals surface area (Å²) >= 11 is 0.